The van der Waals surface area contributed by atoms with Gasteiger partial charge in [-0.3, -0.25) is 0 Å². The first-order valence-corrected chi connectivity index (χ1v) is 7.25. The Bertz CT molecular complexity index is 395. The summed E-state index contributed by atoms with van der Waals surface area (Å²) in [6.45, 7) is 4.41. The minimum atomic E-state index is 0.0461. The van der Waals surface area contributed by atoms with Gasteiger partial charge in [0.1, 0.15) is 0 Å². The van der Waals surface area contributed by atoms with E-state index < -0.39 is 0 Å². The maximum atomic E-state index is 6.39. The van der Waals surface area contributed by atoms with Gasteiger partial charge in [0, 0.05) is 38.5 Å². The Kier molecular flexibility index (Phi) is 4.15. The first-order valence-electron chi connectivity index (χ1n) is 7.25. The first kappa shape index (κ1) is 13.1. The lowest BCUT2D eigenvalue weighted by Crippen LogP contribution is -2.27. The van der Waals surface area contributed by atoms with E-state index in [1.54, 1.807) is 0 Å². The van der Waals surface area contributed by atoms with Crippen molar-refractivity contribution in [3.05, 3.63) is 18.2 Å². The second kappa shape index (κ2) is 6.03. The molecule has 2 fully saturated rings. The van der Waals surface area contributed by atoms with E-state index in [9.17, 15) is 0 Å². The highest BCUT2D eigenvalue weighted by Crippen LogP contribution is 2.27. The first-order chi connectivity index (χ1) is 9.34. The monoisotopic (exact) mass is 265 g/mol. The molecule has 0 bridgehead atoms. The third-order valence-electron chi connectivity index (χ3n) is 4.35. The van der Waals surface area contributed by atoms with Gasteiger partial charge in [-0.05, 0) is 25.2 Å². The number of aromatic nitrogens is 2. The number of hydrogen-bond donors (Lipinski definition) is 1. The van der Waals surface area contributed by atoms with Crippen LogP contribution < -0.4 is 5.73 Å². The average Bonchev–Trinajstić information content (AvgIpc) is 3.10. The number of ether oxygens (including phenoxy) is 2. The summed E-state index contributed by atoms with van der Waals surface area (Å²) in [4.78, 5) is 4.29. The molecule has 19 heavy (non-hydrogen) atoms. The molecule has 0 amide bonds. The summed E-state index contributed by atoms with van der Waals surface area (Å²) >= 11 is 0. The average molecular weight is 265 g/mol. The van der Waals surface area contributed by atoms with Crippen LogP contribution in [0.5, 0.6) is 0 Å². The predicted molar refractivity (Wildman–Crippen MR) is 71.6 cm³/mol. The molecule has 2 aliphatic heterocycles. The highest BCUT2D eigenvalue weighted by molar-refractivity contribution is 5.07. The van der Waals surface area contributed by atoms with Crippen molar-refractivity contribution in [3.63, 3.8) is 0 Å². The van der Waals surface area contributed by atoms with Crippen LogP contribution in [0.1, 0.15) is 31.0 Å². The van der Waals surface area contributed by atoms with Crippen LogP contribution in [0.4, 0.5) is 0 Å². The van der Waals surface area contributed by atoms with Crippen LogP contribution in [0.25, 0.3) is 0 Å². The standard InChI is InChI=1S/C14H23N3O2/c15-14(12-3-6-19-9-12)13-7-16-10-17(13)8-11-1-4-18-5-2-11/h7,10-12,14H,1-6,8-9,15H2. The normalized spacial score (nSPS) is 26.7. The lowest BCUT2D eigenvalue weighted by Gasteiger charge is -2.25. The van der Waals surface area contributed by atoms with Gasteiger partial charge in [0.05, 0.1) is 24.7 Å². The van der Waals surface area contributed by atoms with E-state index in [4.69, 9.17) is 15.2 Å². The van der Waals surface area contributed by atoms with Gasteiger partial charge < -0.3 is 19.8 Å². The van der Waals surface area contributed by atoms with E-state index >= 15 is 0 Å². The van der Waals surface area contributed by atoms with Crippen LogP contribution >= 0.6 is 0 Å². The summed E-state index contributed by atoms with van der Waals surface area (Å²) in [5.74, 6) is 1.12. The van der Waals surface area contributed by atoms with Gasteiger partial charge in [-0.2, -0.15) is 0 Å². The maximum Gasteiger partial charge on any atom is 0.0948 e. The molecule has 0 aromatic carbocycles. The summed E-state index contributed by atoms with van der Waals surface area (Å²) in [5, 5.41) is 0. The number of hydrogen-bond acceptors (Lipinski definition) is 4. The van der Waals surface area contributed by atoms with Crippen molar-refractivity contribution in [3.8, 4) is 0 Å². The molecule has 1 aromatic rings. The zero-order chi connectivity index (χ0) is 13.1. The number of nitrogens with two attached hydrogens (primary N) is 1. The minimum Gasteiger partial charge on any atom is -0.381 e. The Balaban J connectivity index is 1.66. The summed E-state index contributed by atoms with van der Waals surface area (Å²) in [6.07, 6.45) is 7.17. The molecule has 2 saturated heterocycles. The molecule has 0 radical (unpaired) electrons. The van der Waals surface area contributed by atoms with Crippen molar-refractivity contribution in [2.24, 2.45) is 17.6 Å². The Labute approximate surface area is 114 Å². The van der Waals surface area contributed by atoms with Crippen molar-refractivity contribution >= 4 is 0 Å². The van der Waals surface area contributed by atoms with Gasteiger partial charge in [0.2, 0.25) is 0 Å². The van der Waals surface area contributed by atoms with Crippen molar-refractivity contribution in [2.45, 2.75) is 31.8 Å². The lowest BCUT2D eigenvalue weighted by atomic mass is 9.96. The second-order valence-corrected chi connectivity index (χ2v) is 5.68. The zero-order valence-corrected chi connectivity index (χ0v) is 11.3. The smallest absolute Gasteiger partial charge is 0.0948 e. The minimum absolute atomic E-state index is 0.0461. The Morgan fingerprint density at radius 3 is 2.79 bits per heavy atom. The van der Waals surface area contributed by atoms with Gasteiger partial charge in [-0.15, -0.1) is 0 Å². The van der Waals surface area contributed by atoms with Crippen LogP contribution in [0, 0.1) is 11.8 Å². The fourth-order valence-electron chi connectivity index (χ4n) is 3.05. The van der Waals surface area contributed by atoms with Crippen LogP contribution in [-0.2, 0) is 16.0 Å². The van der Waals surface area contributed by atoms with E-state index in [-0.39, 0.29) is 6.04 Å². The van der Waals surface area contributed by atoms with Gasteiger partial charge in [-0.25, -0.2) is 4.98 Å². The predicted octanol–water partition coefficient (Wildman–Crippen LogP) is 1.35. The number of rotatable bonds is 4. The molecular formula is C14H23N3O2. The topological polar surface area (TPSA) is 62.3 Å². The fraction of sp³-hybridized carbons (Fsp3) is 0.786. The molecular weight excluding hydrogens is 242 g/mol. The van der Waals surface area contributed by atoms with Gasteiger partial charge in [0.25, 0.3) is 0 Å². The molecule has 0 aliphatic carbocycles. The third kappa shape index (κ3) is 2.99. The van der Waals surface area contributed by atoms with Crippen molar-refractivity contribution in [1.29, 1.82) is 0 Å². The van der Waals surface area contributed by atoms with Crippen molar-refractivity contribution in [2.75, 3.05) is 26.4 Å². The van der Waals surface area contributed by atoms with Crippen LogP contribution in [0.3, 0.4) is 0 Å². The molecule has 2 N–H and O–H groups in total. The van der Waals surface area contributed by atoms with Crippen LogP contribution in [0.15, 0.2) is 12.5 Å². The molecule has 1 aromatic heterocycles. The zero-order valence-electron chi connectivity index (χ0n) is 11.3. The van der Waals surface area contributed by atoms with Crippen molar-refractivity contribution in [1.82, 2.24) is 9.55 Å². The van der Waals surface area contributed by atoms with Crippen LogP contribution in [-0.4, -0.2) is 36.0 Å². The second-order valence-electron chi connectivity index (χ2n) is 5.68. The Morgan fingerprint density at radius 1 is 1.26 bits per heavy atom. The highest BCUT2D eigenvalue weighted by atomic mass is 16.5. The Hall–Kier alpha value is -0.910. The molecule has 3 rings (SSSR count). The molecule has 3 heterocycles. The van der Waals surface area contributed by atoms with E-state index in [2.05, 4.69) is 9.55 Å². The van der Waals surface area contributed by atoms with E-state index in [1.807, 2.05) is 12.5 Å². The molecule has 5 heteroatoms. The van der Waals surface area contributed by atoms with Gasteiger partial charge in [-0.1, -0.05) is 0 Å². The van der Waals surface area contributed by atoms with E-state index in [0.717, 1.165) is 57.9 Å². The number of nitrogens with zero attached hydrogens (tertiary/aromatic N) is 2. The van der Waals surface area contributed by atoms with Crippen molar-refractivity contribution < 1.29 is 9.47 Å². The SMILES string of the molecule is NC(c1cncn1CC1CCOCC1)C1CCOC1. The molecule has 0 saturated carbocycles. The molecule has 2 aliphatic rings. The van der Waals surface area contributed by atoms with Gasteiger partial charge in [0.15, 0.2) is 0 Å². The van der Waals surface area contributed by atoms with E-state index in [0.29, 0.717) is 11.8 Å². The molecule has 106 valence electrons. The van der Waals surface area contributed by atoms with Gasteiger partial charge >= 0.3 is 0 Å². The van der Waals surface area contributed by atoms with E-state index in [1.165, 1.54) is 0 Å². The molecule has 0 spiro atoms. The van der Waals surface area contributed by atoms with Crippen LogP contribution in [0.2, 0.25) is 0 Å². The molecule has 5 nitrogen and oxygen atoms in total. The molecule has 2 atom stereocenters. The Morgan fingerprint density at radius 2 is 2.05 bits per heavy atom. The number of imidazole rings is 1. The maximum absolute atomic E-state index is 6.39. The molecule has 2 unspecified atom stereocenters. The quantitative estimate of drug-likeness (QED) is 0.892. The summed E-state index contributed by atoms with van der Waals surface area (Å²) in [7, 11) is 0. The third-order valence-corrected chi connectivity index (χ3v) is 4.35. The largest absolute Gasteiger partial charge is 0.381 e. The summed E-state index contributed by atoms with van der Waals surface area (Å²) in [5.41, 5.74) is 7.54. The highest BCUT2D eigenvalue weighted by Gasteiger charge is 2.27. The summed E-state index contributed by atoms with van der Waals surface area (Å²) in [6, 6.07) is 0.0461. The fourth-order valence-corrected chi connectivity index (χ4v) is 3.05. The lowest BCUT2D eigenvalue weighted by molar-refractivity contribution is 0.0608. The summed E-state index contributed by atoms with van der Waals surface area (Å²) < 4.78 is 13.1.